The van der Waals surface area contributed by atoms with Gasteiger partial charge >= 0.3 is 0 Å². The summed E-state index contributed by atoms with van der Waals surface area (Å²) in [6.07, 6.45) is 3.14. The molecule has 2 aromatic rings. The van der Waals surface area contributed by atoms with Crippen LogP contribution in [0.1, 0.15) is 31.2 Å². The maximum atomic E-state index is 8.68. The van der Waals surface area contributed by atoms with Crippen molar-refractivity contribution in [2.45, 2.75) is 26.7 Å². The molecule has 0 amide bonds. The van der Waals surface area contributed by atoms with E-state index in [0.29, 0.717) is 5.69 Å². The number of aromatic nitrogens is 4. The second-order valence-electron chi connectivity index (χ2n) is 3.95. The Kier molecular flexibility index (Phi) is 3.74. The van der Waals surface area contributed by atoms with Crippen molar-refractivity contribution in [1.29, 1.82) is 0 Å². The van der Waals surface area contributed by atoms with Crippen LogP contribution in [0.5, 0.6) is 0 Å². The fourth-order valence-electron chi connectivity index (χ4n) is 1.72. The lowest BCUT2D eigenvalue weighted by Gasteiger charge is -2.05. The Balaban J connectivity index is 2.49. The molecular formula is C12H16N6O. The van der Waals surface area contributed by atoms with Gasteiger partial charge in [-0.2, -0.15) is 5.10 Å². The Bertz CT molecular complexity index is 604. The number of nitrogens with two attached hydrogens (primary N) is 1. The van der Waals surface area contributed by atoms with Crippen LogP contribution in [-0.2, 0) is 12.8 Å². The smallest absolute Gasteiger partial charge is 0.188 e. The van der Waals surface area contributed by atoms with Gasteiger partial charge in [0.1, 0.15) is 11.5 Å². The molecule has 0 atom stereocenters. The molecule has 0 aromatic carbocycles. The van der Waals surface area contributed by atoms with Gasteiger partial charge in [0.15, 0.2) is 11.7 Å². The lowest BCUT2D eigenvalue weighted by Crippen LogP contribution is -2.15. The topological polar surface area (TPSA) is 102 Å². The Morgan fingerprint density at radius 1 is 1.42 bits per heavy atom. The third-order valence-corrected chi connectivity index (χ3v) is 2.71. The van der Waals surface area contributed by atoms with Gasteiger partial charge in [-0.1, -0.05) is 19.0 Å². The maximum absolute atomic E-state index is 8.68. The second kappa shape index (κ2) is 5.47. The zero-order chi connectivity index (χ0) is 13.8. The second-order valence-corrected chi connectivity index (χ2v) is 3.95. The summed E-state index contributed by atoms with van der Waals surface area (Å²) in [6, 6.07) is 3.52. The molecule has 2 aromatic heterocycles. The fraction of sp³-hybridized carbons (Fsp3) is 0.333. The summed E-state index contributed by atoms with van der Waals surface area (Å²) in [6.45, 7) is 4.03. The van der Waals surface area contributed by atoms with E-state index in [1.54, 1.807) is 23.0 Å². The molecule has 0 saturated heterocycles. The average molecular weight is 260 g/mol. The highest BCUT2D eigenvalue weighted by molar-refractivity contribution is 5.95. The third kappa shape index (κ3) is 2.54. The molecule has 0 spiro atoms. The van der Waals surface area contributed by atoms with Crippen LogP contribution in [0.3, 0.4) is 0 Å². The molecule has 0 unspecified atom stereocenters. The molecule has 7 heteroatoms. The summed E-state index contributed by atoms with van der Waals surface area (Å²) < 4.78 is 1.76. The van der Waals surface area contributed by atoms with Crippen LogP contribution in [-0.4, -0.2) is 30.8 Å². The molecule has 2 rings (SSSR count). The summed E-state index contributed by atoms with van der Waals surface area (Å²) >= 11 is 0. The normalized spacial score (nSPS) is 11.8. The van der Waals surface area contributed by atoms with Crippen molar-refractivity contribution in [2.24, 2.45) is 10.9 Å². The number of amidine groups is 1. The largest absolute Gasteiger partial charge is 0.409 e. The van der Waals surface area contributed by atoms with Gasteiger partial charge in [-0.25, -0.2) is 9.67 Å². The number of pyridine rings is 1. The molecule has 0 bridgehead atoms. The Labute approximate surface area is 110 Å². The summed E-state index contributed by atoms with van der Waals surface area (Å²) in [4.78, 5) is 8.48. The summed E-state index contributed by atoms with van der Waals surface area (Å²) in [7, 11) is 0. The van der Waals surface area contributed by atoms with Crippen molar-refractivity contribution < 1.29 is 5.21 Å². The van der Waals surface area contributed by atoms with Crippen LogP contribution in [0.15, 0.2) is 23.5 Å². The predicted molar refractivity (Wildman–Crippen MR) is 70.4 cm³/mol. The van der Waals surface area contributed by atoms with Crippen molar-refractivity contribution >= 4 is 5.84 Å². The highest BCUT2D eigenvalue weighted by Gasteiger charge is 2.10. The van der Waals surface area contributed by atoms with Gasteiger partial charge in [0.2, 0.25) is 0 Å². The fourth-order valence-corrected chi connectivity index (χ4v) is 1.72. The minimum absolute atomic E-state index is 0.0317. The molecule has 0 aliphatic rings. The first-order valence-electron chi connectivity index (χ1n) is 6.08. The van der Waals surface area contributed by atoms with Gasteiger partial charge in [0.25, 0.3) is 0 Å². The van der Waals surface area contributed by atoms with E-state index in [1.165, 1.54) is 0 Å². The highest BCUT2D eigenvalue weighted by atomic mass is 16.4. The number of hydrogen-bond donors (Lipinski definition) is 2. The molecule has 2 heterocycles. The van der Waals surface area contributed by atoms with E-state index in [-0.39, 0.29) is 5.84 Å². The van der Waals surface area contributed by atoms with Crippen LogP contribution in [0.4, 0.5) is 0 Å². The maximum Gasteiger partial charge on any atom is 0.188 e. The van der Waals surface area contributed by atoms with Crippen LogP contribution in [0.2, 0.25) is 0 Å². The van der Waals surface area contributed by atoms with Gasteiger partial charge in [-0.05, 0) is 12.1 Å². The first kappa shape index (κ1) is 13.0. The van der Waals surface area contributed by atoms with Crippen molar-refractivity contribution in [1.82, 2.24) is 19.7 Å². The molecule has 100 valence electrons. The molecule has 19 heavy (non-hydrogen) atoms. The number of rotatable bonds is 4. The number of aryl methyl sites for hydroxylation is 2. The van der Waals surface area contributed by atoms with Crippen molar-refractivity contribution in [3.8, 4) is 5.69 Å². The average Bonchev–Trinajstić information content (AvgIpc) is 2.90. The van der Waals surface area contributed by atoms with Crippen molar-refractivity contribution in [3.63, 3.8) is 0 Å². The number of oxime groups is 1. The van der Waals surface area contributed by atoms with E-state index in [0.717, 1.165) is 30.2 Å². The predicted octanol–water partition coefficient (Wildman–Crippen LogP) is 0.882. The first-order chi connectivity index (χ1) is 9.19. The van der Waals surface area contributed by atoms with Crippen LogP contribution < -0.4 is 5.73 Å². The van der Waals surface area contributed by atoms with E-state index >= 15 is 0 Å². The van der Waals surface area contributed by atoms with Gasteiger partial charge in [-0.3, -0.25) is 4.98 Å². The quantitative estimate of drug-likeness (QED) is 0.368. The SMILES string of the molecule is CCc1nc(CC)n(-c2ccnc(C(N)=NO)c2)n1. The number of hydrogen-bond acceptors (Lipinski definition) is 5. The third-order valence-electron chi connectivity index (χ3n) is 2.71. The van der Waals surface area contributed by atoms with E-state index in [1.807, 2.05) is 13.8 Å². The van der Waals surface area contributed by atoms with Gasteiger partial charge in [0, 0.05) is 19.0 Å². The minimum atomic E-state index is -0.0317. The zero-order valence-corrected chi connectivity index (χ0v) is 10.9. The Hall–Kier alpha value is -2.44. The molecule has 0 radical (unpaired) electrons. The monoisotopic (exact) mass is 260 g/mol. The van der Waals surface area contributed by atoms with Gasteiger partial charge in [0.05, 0.1) is 5.69 Å². The lowest BCUT2D eigenvalue weighted by molar-refractivity contribution is 0.318. The van der Waals surface area contributed by atoms with Crippen LogP contribution >= 0.6 is 0 Å². The molecule has 7 nitrogen and oxygen atoms in total. The van der Waals surface area contributed by atoms with Crippen molar-refractivity contribution in [2.75, 3.05) is 0 Å². The number of nitrogens with zero attached hydrogens (tertiary/aromatic N) is 5. The lowest BCUT2D eigenvalue weighted by atomic mass is 10.3. The molecule has 0 saturated carbocycles. The van der Waals surface area contributed by atoms with Crippen LogP contribution in [0, 0.1) is 0 Å². The summed E-state index contributed by atoms with van der Waals surface area (Å²) in [5, 5.41) is 16.1. The van der Waals surface area contributed by atoms with Crippen LogP contribution in [0.25, 0.3) is 5.69 Å². The van der Waals surface area contributed by atoms with Gasteiger partial charge in [-0.15, -0.1) is 0 Å². The molecule has 0 fully saturated rings. The highest BCUT2D eigenvalue weighted by Crippen LogP contribution is 2.11. The Morgan fingerprint density at radius 2 is 2.21 bits per heavy atom. The first-order valence-corrected chi connectivity index (χ1v) is 6.08. The molecule has 3 N–H and O–H groups in total. The van der Waals surface area contributed by atoms with Gasteiger partial charge < -0.3 is 10.9 Å². The van der Waals surface area contributed by atoms with E-state index < -0.39 is 0 Å². The standard InChI is InChI=1S/C12H16N6O/c1-3-10-15-11(4-2)18(16-10)8-5-6-14-9(7-8)12(13)17-19/h5-7,19H,3-4H2,1-2H3,(H2,13,17). The van der Waals surface area contributed by atoms with E-state index in [2.05, 4.69) is 20.2 Å². The molecule has 0 aliphatic heterocycles. The zero-order valence-electron chi connectivity index (χ0n) is 10.9. The molecular weight excluding hydrogens is 244 g/mol. The van der Waals surface area contributed by atoms with E-state index in [9.17, 15) is 0 Å². The summed E-state index contributed by atoms with van der Waals surface area (Å²) in [5.41, 5.74) is 6.73. The summed E-state index contributed by atoms with van der Waals surface area (Å²) in [5.74, 6) is 1.63. The van der Waals surface area contributed by atoms with E-state index in [4.69, 9.17) is 10.9 Å². The minimum Gasteiger partial charge on any atom is -0.409 e. The van der Waals surface area contributed by atoms with Crippen molar-refractivity contribution in [3.05, 3.63) is 35.7 Å². The Morgan fingerprint density at radius 3 is 2.84 bits per heavy atom. The molecule has 0 aliphatic carbocycles.